The van der Waals surface area contributed by atoms with Gasteiger partial charge in [-0.3, -0.25) is 14.8 Å². The maximum atomic E-state index is 10.9. The first-order valence-corrected chi connectivity index (χ1v) is 4.29. The highest BCUT2D eigenvalue weighted by atomic mass is 17.1. The summed E-state index contributed by atoms with van der Waals surface area (Å²) in [4.78, 5) is 25.8. The van der Waals surface area contributed by atoms with E-state index >= 15 is 0 Å². The smallest absolute Gasteiger partial charge is 0.234 e. The van der Waals surface area contributed by atoms with Crippen LogP contribution in [-0.4, -0.2) is 28.6 Å². The molecule has 0 radical (unpaired) electrons. The number of carbonyl (C=O) groups is 2. The van der Waals surface area contributed by atoms with Gasteiger partial charge in [0.15, 0.2) is 5.78 Å². The third-order valence-corrected chi connectivity index (χ3v) is 2.13. The number of rotatable bonds is 4. The lowest BCUT2D eigenvalue weighted by molar-refractivity contribution is -0.295. The molecular weight excluding hydrogens is 200 g/mol. The Kier molecular flexibility index (Phi) is 3.35. The van der Waals surface area contributed by atoms with Crippen molar-refractivity contribution in [1.29, 1.82) is 0 Å². The molecule has 82 valence electrons. The molecule has 6 heteroatoms. The summed E-state index contributed by atoms with van der Waals surface area (Å²) in [6.07, 6.45) is 5.09. The average molecular weight is 212 g/mol. The molecule has 0 saturated heterocycles. The van der Waals surface area contributed by atoms with E-state index in [1.54, 1.807) is 0 Å². The molecular formula is C9H12N2O4. The molecule has 1 amide bonds. The molecule has 0 aromatic carbocycles. The summed E-state index contributed by atoms with van der Waals surface area (Å²) in [5.74, 6) is -0.930. The van der Waals surface area contributed by atoms with Gasteiger partial charge in [-0.15, -0.1) is 0 Å². The predicted molar refractivity (Wildman–Crippen MR) is 51.5 cm³/mol. The average Bonchev–Trinajstić information content (AvgIpc) is 2.21. The Balaban J connectivity index is 2.79. The summed E-state index contributed by atoms with van der Waals surface area (Å²) in [6.45, 7) is 0. The van der Waals surface area contributed by atoms with Crippen LogP contribution >= 0.6 is 0 Å². The van der Waals surface area contributed by atoms with Gasteiger partial charge in [-0.2, -0.15) is 0 Å². The second-order valence-corrected chi connectivity index (χ2v) is 3.33. The highest BCUT2D eigenvalue weighted by molar-refractivity contribution is 6.00. The van der Waals surface area contributed by atoms with Crippen LogP contribution in [0.3, 0.4) is 0 Å². The van der Waals surface area contributed by atoms with Crippen LogP contribution in [0.2, 0.25) is 0 Å². The molecule has 5 N–H and O–H groups in total. The topological polar surface area (TPSA) is 116 Å². The number of amides is 1. The van der Waals surface area contributed by atoms with Crippen molar-refractivity contribution in [2.24, 2.45) is 11.5 Å². The van der Waals surface area contributed by atoms with Gasteiger partial charge >= 0.3 is 0 Å². The minimum atomic E-state index is -1.25. The minimum Gasteiger partial charge on any atom is -0.368 e. The molecule has 15 heavy (non-hydrogen) atoms. The first-order valence-electron chi connectivity index (χ1n) is 4.29. The molecule has 0 fully saturated rings. The highest BCUT2D eigenvalue weighted by Gasteiger charge is 2.32. The normalized spacial score (nSPS) is 20.3. The first kappa shape index (κ1) is 11.6. The summed E-state index contributed by atoms with van der Waals surface area (Å²) < 4.78 is 0. The number of carbonyl (C=O) groups excluding carboxylic acids is 2. The molecule has 1 aliphatic carbocycles. The van der Waals surface area contributed by atoms with Crippen molar-refractivity contribution in [3.8, 4) is 0 Å². The number of nitrogens with two attached hydrogens (primary N) is 2. The lowest BCUT2D eigenvalue weighted by Gasteiger charge is -2.26. The van der Waals surface area contributed by atoms with Crippen LogP contribution in [0.25, 0.3) is 0 Å². The van der Waals surface area contributed by atoms with Crippen LogP contribution in [-0.2, 0) is 14.5 Å². The van der Waals surface area contributed by atoms with Gasteiger partial charge in [0.2, 0.25) is 5.91 Å². The Morgan fingerprint density at radius 1 is 1.53 bits per heavy atom. The number of hydrogen-bond donors (Lipinski definition) is 3. The van der Waals surface area contributed by atoms with Gasteiger partial charge in [0, 0.05) is 6.42 Å². The summed E-state index contributed by atoms with van der Waals surface area (Å²) in [6, 6.07) is -0.959. The molecule has 0 spiro atoms. The zero-order valence-corrected chi connectivity index (χ0v) is 7.92. The fourth-order valence-electron chi connectivity index (χ4n) is 1.24. The van der Waals surface area contributed by atoms with Gasteiger partial charge in [-0.25, -0.2) is 4.89 Å². The van der Waals surface area contributed by atoms with Crippen LogP contribution < -0.4 is 11.5 Å². The van der Waals surface area contributed by atoms with E-state index in [9.17, 15) is 9.59 Å². The zero-order chi connectivity index (χ0) is 11.5. The zero-order valence-electron chi connectivity index (χ0n) is 7.92. The van der Waals surface area contributed by atoms with Crippen LogP contribution in [0.1, 0.15) is 6.42 Å². The van der Waals surface area contributed by atoms with E-state index < -0.39 is 17.6 Å². The number of primary amides is 1. The largest absolute Gasteiger partial charge is 0.368 e. The van der Waals surface area contributed by atoms with Crippen molar-refractivity contribution in [3.63, 3.8) is 0 Å². The summed E-state index contributed by atoms with van der Waals surface area (Å²) in [7, 11) is 0. The second kappa shape index (κ2) is 4.35. The molecule has 1 atom stereocenters. The van der Waals surface area contributed by atoms with Gasteiger partial charge in [0.25, 0.3) is 0 Å². The molecule has 0 saturated carbocycles. The summed E-state index contributed by atoms with van der Waals surface area (Å²) in [5, 5.41) is 8.74. The minimum absolute atomic E-state index is 0.0287. The van der Waals surface area contributed by atoms with E-state index in [0.717, 1.165) is 0 Å². The van der Waals surface area contributed by atoms with Crippen molar-refractivity contribution >= 4 is 11.7 Å². The van der Waals surface area contributed by atoms with E-state index in [-0.39, 0.29) is 12.2 Å². The third kappa shape index (κ3) is 2.72. The molecule has 0 aliphatic heterocycles. The molecule has 0 aromatic rings. The Bertz CT molecular complexity index is 319. The molecule has 0 bridgehead atoms. The monoisotopic (exact) mass is 212 g/mol. The van der Waals surface area contributed by atoms with Crippen LogP contribution in [0.4, 0.5) is 0 Å². The highest BCUT2D eigenvalue weighted by Crippen LogP contribution is 2.23. The fraction of sp³-hybridized carbons (Fsp3) is 0.333. The van der Waals surface area contributed by atoms with Crippen molar-refractivity contribution in [1.82, 2.24) is 0 Å². The van der Waals surface area contributed by atoms with Gasteiger partial charge in [0.1, 0.15) is 5.60 Å². The standard InChI is InChI=1S/C9H12N2O4/c10-7(8(11)13)5-9(15-14)3-1-6(12)2-4-9/h1-4,7,14H,5,10H2,(H2,11,13)/t7-/m0/s1. The Morgan fingerprint density at radius 3 is 2.47 bits per heavy atom. The molecule has 0 unspecified atom stereocenters. The molecule has 1 rings (SSSR count). The summed E-state index contributed by atoms with van der Waals surface area (Å²) in [5.41, 5.74) is 9.15. The quantitative estimate of drug-likeness (QED) is 0.413. The maximum Gasteiger partial charge on any atom is 0.234 e. The van der Waals surface area contributed by atoms with Gasteiger partial charge < -0.3 is 11.5 Å². The number of ketones is 1. The van der Waals surface area contributed by atoms with Crippen molar-refractivity contribution < 1.29 is 19.7 Å². The Labute approximate surface area is 86.1 Å². The Morgan fingerprint density at radius 2 is 2.07 bits per heavy atom. The van der Waals surface area contributed by atoms with Crippen LogP contribution in [0.5, 0.6) is 0 Å². The predicted octanol–water partition coefficient (Wildman–Crippen LogP) is -0.887. The lowest BCUT2D eigenvalue weighted by atomic mass is 9.90. The van der Waals surface area contributed by atoms with Gasteiger partial charge in [0.05, 0.1) is 6.04 Å². The van der Waals surface area contributed by atoms with E-state index in [1.165, 1.54) is 24.3 Å². The van der Waals surface area contributed by atoms with E-state index in [2.05, 4.69) is 4.89 Å². The molecule has 0 heterocycles. The van der Waals surface area contributed by atoms with Crippen LogP contribution in [0, 0.1) is 0 Å². The van der Waals surface area contributed by atoms with Crippen molar-refractivity contribution in [2.75, 3.05) is 0 Å². The lowest BCUT2D eigenvalue weighted by Crippen LogP contribution is -2.44. The van der Waals surface area contributed by atoms with E-state index in [4.69, 9.17) is 16.7 Å². The molecule has 1 aliphatic rings. The number of allylic oxidation sites excluding steroid dienone is 2. The van der Waals surface area contributed by atoms with E-state index in [0.29, 0.717) is 0 Å². The third-order valence-electron chi connectivity index (χ3n) is 2.13. The van der Waals surface area contributed by atoms with Crippen LogP contribution in [0.15, 0.2) is 24.3 Å². The van der Waals surface area contributed by atoms with Gasteiger partial charge in [-0.05, 0) is 24.3 Å². The van der Waals surface area contributed by atoms with Crippen molar-refractivity contribution in [2.45, 2.75) is 18.1 Å². The SMILES string of the molecule is NC(=O)[C@@H](N)CC1(OO)C=CC(=O)C=C1. The maximum absolute atomic E-state index is 10.9. The fourth-order valence-corrected chi connectivity index (χ4v) is 1.24. The summed E-state index contributed by atoms with van der Waals surface area (Å²) >= 11 is 0. The second-order valence-electron chi connectivity index (χ2n) is 3.33. The molecule has 6 nitrogen and oxygen atoms in total. The first-order chi connectivity index (χ1) is 6.99. The Hall–Kier alpha value is -1.50. The van der Waals surface area contributed by atoms with Gasteiger partial charge in [-0.1, -0.05) is 0 Å². The number of hydrogen-bond acceptors (Lipinski definition) is 5. The molecule has 0 aromatic heterocycles. The van der Waals surface area contributed by atoms with E-state index in [1.807, 2.05) is 0 Å². The van der Waals surface area contributed by atoms with Crippen molar-refractivity contribution in [3.05, 3.63) is 24.3 Å².